The molecule has 2 aliphatic rings. The topological polar surface area (TPSA) is 43.8 Å². The number of aliphatic hydroxyl groups is 1. The van der Waals surface area contributed by atoms with E-state index in [-0.39, 0.29) is 0 Å². The molecule has 2 aromatic carbocycles. The fourth-order valence-electron chi connectivity index (χ4n) is 4.28. The van der Waals surface area contributed by atoms with Crippen molar-refractivity contribution in [2.75, 3.05) is 31.1 Å². The van der Waals surface area contributed by atoms with Gasteiger partial charge in [0.2, 0.25) is 0 Å². The van der Waals surface area contributed by atoms with Crippen LogP contribution < -0.4 is 4.90 Å². The first-order chi connectivity index (χ1) is 13.4. The fourth-order valence-corrected chi connectivity index (χ4v) is 5.72. The van der Waals surface area contributed by atoms with Crippen LogP contribution in [0, 0.1) is 13.8 Å². The number of anilines is 2. The quantitative estimate of drug-likeness (QED) is 0.840. The van der Waals surface area contributed by atoms with Gasteiger partial charge in [-0.15, -0.1) is 0 Å². The fraction of sp³-hybridized carbons (Fsp3) is 0.478. The molecular weight excluding hydrogens is 368 g/mol. The van der Waals surface area contributed by atoms with Crippen molar-refractivity contribution in [2.24, 2.45) is 0 Å². The van der Waals surface area contributed by atoms with Crippen molar-refractivity contribution in [3.63, 3.8) is 0 Å². The molecule has 1 fully saturated rings. The van der Waals surface area contributed by atoms with Crippen LogP contribution in [-0.4, -0.2) is 46.0 Å². The van der Waals surface area contributed by atoms with Crippen molar-refractivity contribution in [2.45, 2.75) is 55.4 Å². The van der Waals surface area contributed by atoms with Gasteiger partial charge in [-0.2, -0.15) is 0 Å². The molecule has 0 saturated carbocycles. The predicted octanol–water partition coefficient (Wildman–Crippen LogP) is 4.16. The van der Waals surface area contributed by atoms with Crippen molar-refractivity contribution in [3.8, 4) is 0 Å². The molecule has 1 atom stereocenters. The summed E-state index contributed by atoms with van der Waals surface area (Å²) in [5, 5.41) is 10.2. The lowest BCUT2D eigenvalue weighted by atomic mass is 9.94. The van der Waals surface area contributed by atoms with Gasteiger partial charge < -0.3 is 14.9 Å². The lowest BCUT2D eigenvalue weighted by Gasteiger charge is -2.37. The van der Waals surface area contributed by atoms with E-state index in [4.69, 9.17) is 0 Å². The molecule has 2 heterocycles. The van der Waals surface area contributed by atoms with E-state index in [2.05, 4.69) is 35.8 Å². The Hall–Kier alpha value is -1.69. The van der Waals surface area contributed by atoms with Crippen molar-refractivity contribution in [3.05, 3.63) is 47.5 Å². The summed E-state index contributed by atoms with van der Waals surface area (Å²) in [5.41, 5.74) is 4.15. The smallest absolute Gasteiger partial charge is 0.0892 e. The van der Waals surface area contributed by atoms with Gasteiger partial charge in [-0.05, 0) is 75.9 Å². The number of hydrogen-bond donors (Lipinski definition) is 1. The van der Waals surface area contributed by atoms with Crippen LogP contribution in [0.4, 0.5) is 11.4 Å². The normalized spacial score (nSPS) is 21.3. The highest BCUT2D eigenvalue weighted by molar-refractivity contribution is 7.85. The van der Waals surface area contributed by atoms with Crippen LogP contribution in [0.1, 0.15) is 37.3 Å². The summed E-state index contributed by atoms with van der Waals surface area (Å²) in [4.78, 5) is 6.66. The van der Waals surface area contributed by atoms with E-state index >= 15 is 0 Å². The van der Waals surface area contributed by atoms with Crippen molar-refractivity contribution in [1.29, 1.82) is 0 Å². The molecule has 4 nitrogen and oxygen atoms in total. The standard InChI is InChI=1S/C23H30N2O2S/c1-17-9-10-21-22(18(17)2)25(19-7-4-5-8-20(19)28(21)27)14-6-13-24-15-11-23(3,26)12-16-24/h4-5,7-10,26H,6,11-16H2,1-3H3. The van der Waals surface area contributed by atoms with Gasteiger partial charge in [-0.25, -0.2) is 4.21 Å². The number of hydrogen-bond acceptors (Lipinski definition) is 4. The highest BCUT2D eigenvalue weighted by Crippen LogP contribution is 2.44. The maximum atomic E-state index is 13.2. The number of piperidine rings is 1. The van der Waals surface area contributed by atoms with Crippen LogP contribution >= 0.6 is 0 Å². The zero-order chi connectivity index (χ0) is 19.9. The summed E-state index contributed by atoms with van der Waals surface area (Å²) in [6.07, 6.45) is 2.73. The van der Waals surface area contributed by atoms with Gasteiger partial charge in [0.25, 0.3) is 0 Å². The Bertz CT molecular complexity index is 899. The third-order valence-corrected chi connectivity index (χ3v) is 7.75. The van der Waals surface area contributed by atoms with Crippen LogP contribution in [0.5, 0.6) is 0 Å². The minimum Gasteiger partial charge on any atom is -0.390 e. The van der Waals surface area contributed by atoms with Gasteiger partial charge in [0.1, 0.15) is 0 Å². The molecule has 28 heavy (non-hydrogen) atoms. The summed E-state index contributed by atoms with van der Waals surface area (Å²) in [5.74, 6) is 0. The largest absolute Gasteiger partial charge is 0.390 e. The second-order valence-electron chi connectivity index (χ2n) is 8.43. The summed E-state index contributed by atoms with van der Waals surface area (Å²) >= 11 is 0. The Balaban J connectivity index is 1.56. The SMILES string of the molecule is Cc1ccc2c(c1C)N(CCCN1CCC(C)(O)CC1)c1ccccc1S2=O. The maximum Gasteiger partial charge on any atom is 0.0892 e. The highest BCUT2D eigenvalue weighted by Gasteiger charge is 2.30. The molecule has 1 N–H and O–H groups in total. The Morgan fingerprint density at radius 2 is 1.75 bits per heavy atom. The maximum absolute atomic E-state index is 13.2. The molecule has 5 heteroatoms. The van der Waals surface area contributed by atoms with E-state index in [9.17, 15) is 9.32 Å². The first-order valence-corrected chi connectivity index (χ1v) is 11.4. The first-order valence-electron chi connectivity index (χ1n) is 10.2. The molecule has 0 radical (unpaired) electrons. The van der Waals surface area contributed by atoms with Gasteiger partial charge in [-0.3, -0.25) is 0 Å². The van der Waals surface area contributed by atoms with Crippen molar-refractivity contribution in [1.82, 2.24) is 4.90 Å². The Morgan fingerprint density at radius 3 is 2.50 bits per heavy atom. The molecule has 0 amide bonds. The minimum atomic E-state index is -1.13. The third kappa shape index (κ3) is 3.63. The molecular formula is C23H30N2O2S. The molecule has 1 saturated heterocycles. The van der Waals surface area contributed by atoms with Crippen molar-refractivity contribution < 1.29 is 9.32 Å². The average molecular weight is 399 g/mol. The van der Waals surface area contributed by atoms with Crippen LogP contribution in [0.15, 0.2) is 46.2 Å². The lowest BCUT2D eigenvalue weighted by Crippen LogP contribution is -2.43. The van der Waals surface area contributed by atoms with Gasteiger partial charge in [0.05, 0.1) is 37.6 Å². The van der Waals surface area contributed by atoms with Gasteiger partial charge in [-0.1, -0.05) is 18.2 Å². The Morgan fingerprint density at radius 1 is 1.04 bits per heavy atom. The van der Waals surface area contributed by atoms with Crippen LogP contribution in [0.3, 0.4) is 0 Å². The summed E-state index contributed by atoms with van der Waals surface area (Å²) < 4.78 is 13.2. The van der Waals surface area contributed by atoms with E-state index in [1.165, 1.54) is 11.1 Å². The van der Waals surface area contributed by atoms with E-state index in [0.29, 0.717) is 0 Å². The second-order valence-corrected chi connectivity index (χ2v) is 9.85. The molecule has 1 unspecified atom stereocenters. The highest BCUT2D eigenvalue weighted by atomic mass is 32.2. The second kappa shape index (κ2) is 7.62. The summed E-state index contributed by atoms with van der Waals surface area (Å²) in [7, 11) is -1.13. The predicted molar refractivity (Wildman–Crippen MR) is 115 cm³/mol. The molecule has 4 rings (SSSR count). The van der Waals surface area contributed by atoms with E-state index in [0.717, 1.165) is 66.6 Å². The van der Waals surface area contributed by atoms with Gasteiger partial charge in [0, 0.05) is 19.6 Å². The molecule has 0 bridgehead atoms. The Labute approximate surface area is 170 Å². The number of nitrogens with zero attached hydrogens (tertiary/aromatic N) is 2. The first kappa shape index (κ1) is 19.6. The molecule has 2 aliphatic heterocycles. The van der Waals surface area contributed by atoms with Gasteiger partial charge >= 0.3 is 0 Å². The minimum absolute atomic E-state index is 0.500. The lowest BCUT2D eigenvalue weighted by molar-refractivity contribution is -0.00527. The number of benzene rings is 2. The average Bonchev–Trinajstić information content (AvgIpc) is 2.68. The molecule has 0 aliphatic carbocycles. The van der Waals surface area contributed by atoms with Gasteiger partial charge in [0.15, 0.2) is 0 Å². The molecule has 150 valence electrons. The third-order valence-electron chi connectivity index (χ3n) is 6.28. The molecule has 0 spiro atoms. The van der Waals surface area contributed by atoms with E-state index in [1.807, 2.05) is 31.2 Å². The zero-order valence-electron chi connectivity index (χ0n) is 17.1. The Kier molecular flexibility index (Phi) is 5.34. The molecule has 0 aromatic heterocycles. The van der Waals surface area contributed by atoms with Crippen LogP contribution in [-0.2, 0) is 10.8 Å². The number of likely N-dealkylation sites (tertiary alicyclic amines) is 1. The van der Waals surface area contributed by atoms with E-state index < -0.39 is 16.4 Å². The van der Waals surface area contributed by atoms with Crippen molar-refractivity contribution >= 4 is 22.2 Å². The monoisotopic (exact) mass is 398 g/mol. The van der Waals surface area contributed by atoms with Crippen LogP contribution in [0.2, 0.25) is 0 Å². The number of para-hydroxylation sites is 1. The number of aryl methyl sites for hydroxylation is 1. The van der Waals surface area contributed by atoms with E-state index in [1.54, 1.807) is 0 Å². The summed E-state index contributed by atoms with van der Waals surface area (Å²) in [6, 6.07) is 12.2. The number of rotatable bonds is 4. The number of fused-ring (bicyclic) bond motifs is 2. The summed E-state index contributed by atoms with van der Waals surface area (Å²) in [6.45, 7) is 10.0. The van der Waals surface area contributed by atoms with Crippen LogP contribution in [0.25, 0.3) is 0 Å². The molecule has 2 aromatic rings. The zero-order valence-corrected chi connectivity index (χ0v) is 17.9.